The van der Waals surface area contributed by atoms with E-state index in [1.807, 2.05) is 11.3 Å². The molecule has 3 rings (SSSR count). The second-order valence-corrected chi connectivity index (χ2v) is 6.44. The fourth-order valence-corrected chi connectivity index (χ4v) is 3.80. The molecular weight excluding hydrogens is 240 g/mol. The summed E-state index contributed by atoms with van der Waals surface area (Å²) in [6.07, 6.45) is 1.27. The quantitative estimate of drug-likeness (QED) is 0.911. The molecule has 1 aliphatic rings. The Morgan fingerprint density at radius 2 is 2.22 bits per heavy atom. The van der Waals surface area contributed by atoms with Gasteiger partial charge in [-0.05, 0) is 44.5 Å². The zero-order valence-corrected chi connectivity index (χ0v) is 11.8. The van der Waals surface area contributed by atoms with Crippen LogP contribution < -0.4 is 5.32 Å². The van der Waals surface area contributed by atoms with Gasteiger partial charge in [-0.2, -0.15) is 0 Å². The third-order valence-corrected chi connectivity index (χ3v) is 5.05. The Balaban J connectivity index is 1.73. The Morgan fingerprint density at radius 3 is 2.94 bits per heavy atom. The molecule has 0 bridgehead atoms. The van der Waals surface area contributed by atoms with Gasteiger partial charge >= 0.3 is 0 Å². The lowest BCUT2D eigenvalue weighted by molar-refractivity contribution is 0.388. The van der Waals surface area contributed by atoms with Gasteiger partial charge in [0.25, 0.3) is 0 Å². The predicted molar refractivity (Wildman–Crippen MR) is 79.3 cm³/mol. The number of hydrogen-bond donors (Lipinski definition) is 1. The van der Waals surface area contributed by atoms with Crippen molar-refractivity contribution in [3.8, 4) is 0 Å². The number of likely N-dealkylation sites (tertiary alicyclic amines) is 1. The first-order valence-corrected chi connectivity index (χ1v) is 7.47. The van der Waals surface area contributed by atoms with Gasteiger partial charge in [-0.3, -0.25) is 0 Å². The molecule has 1 fully saturated rings. The van der Waals surface area contributed by atoms with E-state index in [0.717, 1.165) is 0 Å². The molecule has 96 valence electrons. The highest BCUT2D eigenvalue weighted by molar-refractivity contribution is 7.19. The van der Waals surface area contributed by atoms with Gasteiger partial charge in [0, 0.05) is 28.2 Å². The number of likely N-dealkylation sites (N-methyl/N-ethyl adjacent to an activating group) is 1. The molecule has 0 amide bonds. The molecule has 2 aromatic rings. The summed E-state index contributed by atoms with van der Waals surface area (Å²) >= 11 is 1.91. The summed E-state index contributed by atoms with van der Waals surface area (Å²) in [5.74, 6) is 0. The fraction of sp³-hybridized carbons (Fsp3) is 0.467. The van der Waals surface area contributed by atoms with E-state index in [4.69, 9.17) is 0 Å². The van der Waals surface area contributed by atoms with Crippen molar-refractivity contribution >= 4 is 21.4 Å². The number of nitrogens with one attached hydrogen (secondary N) is 1. The molecule has 3 heteroatoms. The topological polar surface area (TPSA) is 15.3 Å². The molecule has 0 radical (unpaired) electrons. The van der Waals surface area contributed by atoms with E-state index in [1.54, 1.807) is 0 Å². The maximum absolute atomic E-state index is 3.76. The van der Waals surface area contributed by atoms with Crippen LogP contribution in [0.15, 0.2) is 30.3 Å². The summed E-state index contributed by atoms with van der Waals surface area (Å²) in [7, 11) is 2.20. The second kappa shape index (κ2) is 5.00. The van der Waals surface area contributed by atoms with Crippen molar-refractivity contribution < 1.29 is 0 Å². The van der Waals surface area contributed by atoms with Crippen LogP contribution in [0, 0.1) is 0 Å². The lowest BCUT2D eigenvalue weighted by Crippen LogP contribution is -2.33. The fourth-order valence-electron chi connectivity index (χ4n) is 2.72. The van der Waals surface area contributed by atoms with Gasteiger partial charge in [0.1, 0.15) is 0 Å². The Labute approximate surface area is 113 Å². The molecule has 0 spiro atoms. The molecular formula is C15H20N2S. The van der Waals surface area contributed by atoms with E-state index >= 15 is 0 Å². The molecule has 2 heterocycles. The minimum Gasteiger partial charge on any atom is -0.305 e. The van der Waals surface area contributed by atoms with Gasteiger partial charge in [0.05, 0.1) is 0 Å². The molecule has 1 aromatic heterocycles. The zero-order chi connectivity index (χ0) is 12.5. The van der Waals surface area contributed by atoms with Crippen LogP contribution in [-0.4, -0.2) is 31.1 Å². The van der Waals surface area contributed by atoms with Crippen molar-refractivity contribution in [1.82, 2.24) is 10.2 Å². The van der Waals surface area contributed by atoms with Gasteiger partial charge < -0.3 is 10.2 Å². The van der Waals surface area contributed by atoms with Gasteiger partial charge in [-0.1, -0.05) is 18.2 Å². The third kappa shape index (κ3) is 2.44. The number of thiophene rings is 1. The van der Waals surface area contributed by atoms with Crippen LogP contribution in [0.25, 0.3) is 10.1 Å². The van der Waals surface area contributed by atoms with Crippen LogP contribution in [-0.2, 0) is 0 Å². The van der Waals surface area contributed by atoms with Gasteiger partial charge in [-0.15, -0.1) is 11.3 Å². The van der Waals surface area contributed by atoms with Crippen molar-refractivity contribution in [2.75, 3.05) is 20.1 Å². The van der Waals surface area contributed by atoms with Gasteiger partial charge in [-0.25, -0.2) is 0 Å². The standard InChI is InChI=1S/C15H20N2S/c1-11(16-13-7-8-17(2)10-13)15-9-12-5-3-4-6-14(12)18-15/h3-6,9,11,13,16H,7-8,10H2,1-2H3. The van der Waals surface area contributed by atoms with Gasteiger partial charge in [0.15, 0.2) is 0 Å². The van der Waals surface area contributed by atoms with Crippen molar-refractivity contribution in [2.24, 2.45) is 0 Å². The van der Waals surface area contributed by atoms with Crippen LogP contribution in [0.2, 0.25) is 0 Å². The van der Waals surface area contributed by atoms with Crippen LogP contribution in [0.1, 0.15) is 24.3 Å². The number of nitrogens with zero attached hydrogens (tertiary/aromatic N) is 1. The summed E-state index contributed by atoms with van der Waals surface area (Å²) in [5, 5.41) is 5.13. The molecule has 2 unspecified atom stereocenters. The normalized spacial score (nSPS) is 22.7. The minimum atomic E-state index is 0.457. The SMILES string of the molecule is CC(NC1CCN(C)C1)c1cc2ccccc2s1. The summed E-state index contributed by atoms with van der Waals surface area (Å²) in [6, 6.07) is 12.1. The second-order valence-electron chi connectivity index (χ2n) is 5.32. The first-order chi connectivity index (χ1) is 8.72. The highest BCUT2D eigenvalue weighted by atomic mass is 32.1. The average Bonchev–Trinajstić information content (AvgIpc) is 2.95. The Kier molecular flexibility index (Phi) is 3.37. The van der Waals surface area contributed by atoms with Crippen LogP contribution in [0.5, 0.6) is 0 Å². The molecule has 18 heavy (non-hydrogen) atoms. The highest BCUT2D eigenvalue weighted by Crippen LogP contribution is 2.30. The molecule has 2 atom stereocenters. The van der Waals surface area contributed by atoms with E-state index in [9.17, 15) is 0 Å². The largest absolute Gasteiger partial charge is 0.305 e. The Bertz CT molecular complexity index is 501. The minimum absolute atomic E-state index is 0.457. The summed E-state index contributed by atoms with van der Waals surface area (Å²) < 4.78 is 1.39. The van der Waals surface area contributed by atoms with E-state index < -0.39 is 0 Å². The van der Waals surface area contributed by atoms with E-state index in [2.05, 4.69) is 54.5 Å². The monoisotopic (exact) mass is 260 g/mol. The lowest BCUT2D eigenvalue weighted by atomic mass is 10.2. The van der Waals surface area contributed by atoms with Crippen molar-refractivity contribution in [3.63, 3.8) is 0 Å². The van der Waals surface area contributed by atoms with Crippen molar-refractivity contribution in [2.45, 2.75) is 25.4 Å². The van der Waals surface area contributed by atoms with Crippen LogP contribution >= 0.6 is 11.3 Å². The molecule has 1 aliphatic heterocycles. The lowest BCUT2D eigenvalue weighted by Gasteiger charge is -2.18. The number of fused-ring (bicyclic) bond motifs is 1. The maximum atomic E-state index is 3.76. The van der Waals surface area contributed by atoms with Gasteiger partial charge in [0.2, 0.25) is 0 Å². The predicted octanol–water partition coefficient (Wildman–Crippen LogP) is 3.26. The number of benzene rings is 1. The summed E-state index contributed by atoms with van der Waals surface area (Å²) in [6.45, 7) is 4.68. The van der Waals surface area contributed by atoms with E-state index in [1.165, 1.54) is 34.5 Å². The average molecular weight is 260 g/mol. The first kappa shape index (κ1) is 12.2. The zero-order valence-electron chi connectivity index (χ0n) is 11.0. The summed E-state index contributed by atoms with van der Waals surface area (Å²) in [5.41, 5.74) is 0. The first-order valence-electron chi connectivity index (χ1n) is 6.65. The Morgan fingerprint density at radius 1 is 1.39 bits per heavy atom. The molecule has 1 aromatic carbocycles. The molecule has 2 nitrogen and oxygen atoms in total. The van der Waals surface area contributed by atoms with Crippen LogP contribution in [0.3, 0.4) is 0 Å². The van der Waals surface area contributed by atoms with E-state index in [0.29, 0.717) is 12.1 Å². The maximum Gasteiger partial charge on any atom is 0.0389 e. The highest BCUT2D eigenvalue weighted by Gasteiger charge is 2.21. The van der Waals surface area contributed by atoms with Crippen molar-refractivity contribution in [3.05, 3.63) is 35.2 Å². The molecule has 0 aliphatic carbocycles. The van der Waals surface area contributed by atoms with E-state index in [-0.39, 0.29) is 0 Å². The Hall–Kier alpha value is -0.900. The molecule has 1 N–H and O–H groups in total. The smallest absolute Gasteiger partial charge is 0.0389 e. The van der Waals surface area contributed by atoms with Crippen molar-refractivity contribution in [1.29, 1.82) is 0 Å². The number of hydrogen-bond acceptors (Lipinski definition) is 3. The summed E-state index contributed by atoms with van der Waals surface area (Å²) in [4.78, 5) is 3.85. The third-order valence-electron chi connectivity index (χ3n) is 3.75. The number of rotatable bonds is 3. The van der Waals surface area contributed by atoms with Crippen LogP contribution in [0.4, 0.5) is 0 Å². The molecule has 1 saturated heterocycles. The molecule has 0 saturated carbocycles.